The molecule has 2 aromatic rings. The number of benzene rings is 1. The normalized spacial score (nSPS) is 10.8. The Labute approximate surface area is 107 Å². The van der Waals surface area contributed by atoms with Gasteiger partial charge < -0.3 is 10.5 Å². The topological polar surface area (TPSA) is 66.0 Å². The van der Waals surface area contributed by atoms with Crippen molar-refractivity contribution in [1.82, 2.24) is 15.0 Å². The molecule has 0 aliphatic carbocycles. The van der Waals surface area contributed by atoms with Gasteiger partial charge in [0.1, 0.15) is 12.4 Å². The van der Waals surface area contributed by atoms with E-state index >= 15 is 0 Å². The van der Waals surface area contributed by atoms with Crippen molar-refractivity contribution in [2.75, 3.05) is 12.3 Å². The fraction of sp³-hybridized carbons (Fsp3) is 0.385. The molecule has 96 valence electrons. The van der Waals surface area contributed by atoms with Gasteiger partial charge in [-0.25, -0.2) is 4.68 Å². The maximum absolute atomic E-state index is 5.68. The number of nitrogens with two attached hydrogens (primary N) is 1. The largest absolute Gasteiger partial charge is 0.492 e. The molecule has 1 aromatic carbocycles. The molecule has 1 heterocycles. The summed E-state index contributed by atoms with van der Waals surface area (Å²) in [5.74, 6) is 1.19. The van der Waals surface area contributed by atoms with Crippen LogP contribution < -0.4 is 10.5 Å². The minimum atomic E-state index is 0.410. The predicted molar refractivity (Wildman–Crippen MR) is 70.5 cm³/mol. The van der Waals surface area contributed by atoms with Crippen molar-refractivity contribution in [1.29, 1.82) is 0 Å². The van der Waals surface area contributed by atoms with Crippen LogP contribution in [0.1, 0.15) is 25.5 Å². The zero-order chi connectivity index (χ0) is 13.0. The molecule has 0 saturated heterocycles. The van der Waals surface area contributed by atoms with Crippen LogP contribution in [-0.4, -0.2) is 21.6 Å². The zero-order valence-corrected chi connectivity index (χ0v) is 10.7. The number of nitrogens with zero attached hydrogens (tertiary/aromatic N) is 3. The minimum absolute atomic E-state index is 0.410. The van der Waals surface area contributed by atoms with E-state index in [0.29, 0.717) is 24.8 Å². The van der Waals surface area contributed by atoms with Crippen molar-refractivity contribution in [3.63, 3.8) is 0 Å². The van der Waals surface area contributed by atoms with Gasteiger partial charge >= 0.3 is 0 Å². The van der Waals surface area contributed by atoms with Gasteiger partial charge in [-0.3, -0.25) is 0 Å². The molecule has 0 aliphatic heterocycles. The molecule has 5 nitrogen and oxygen atoms in total. The second-order valence-electron chi connectivity index (χ2n) is 4.46. The third kappa shape index (κ3) is 3.00. The average molecular weight is 246 g/mol. The highest BCUT2D eigenvalue weighted by molar-refractivity contribution is 5.43. The maximum atomic E-state index is 5.68. The summed E-state index contributed by atoms with van der Waals surface area (Å²) in [4.78, 5) is 0. The summed E-state index contributed by atoms with van der Waals surface area (Å²) in [6, 6.07) is 7.41. The molecule has 5 heteroatoms. The molecule has 0 fully saturated rings. The van der Waals surface area contributed by atoms with Gasteiger partial charge in [0.2, 0.25) is 0 Å². The lowest BCUT2D eigenvalue weighted by Gasteiger charge is -2.10. The monoisotopic (exact) mass is 246 g/mol. The van der Waals surface area contributed by atoms with E-state index in [4.69, 9.17) is 10.5 Å². The quantitative estimate of drug-likeness (QED) is 0.820. The first-order chi connectivity index (χ1) is 8.66. The summed E-state index contributed by atoms with van der Waals surface area (Å²) >= 11 is 0. The highest BCUT2D eigenvalue weighted by Gasteiger charge is 2.07. The van der Waals surface area contributed by atoms with E-state index < -0.39 is 0 Å². The minimum Gasteiger partial charge on any atom is -0.492 e. The van der Waals surface area contributed by atoms with Crippen LogP contribution in [0.5, 0.6) is 5.75 Å². The lowest BCUT2D eigenvalue weighted by molar-refractivity contribution is 0.287. The predicted octanol–water partition coefficient (Wildman–Crippen LogP) is 2.06. The molecule has 0 radical (unpaired) electrons. The number of hydrogen-bond acceptors (Lipinski definition) is 4. The lowest BCUT2D eigenvalue weighted by Crippen LogP contribution is -2.13. The fourth-order valence-electron chi connectivity index (χ4n) is 1.74. The molecule has 2 rings (SSSR count). The van der Waals surface area contributed by atoms with Gasteiger partial charge in [-0.05, 0) is 18.1 Å². The van der Waals surface area contributed by atoms with Gasteiger partial charge in [0, 0.05) is 11.8 Å². The van der Waals surface area contributed by atoms with Crippen LogP contribution in [0, 0.1) is 0 Å². The van der Waals surface area contributed by atoms with E-state index in [1.54, 1.807) is 6.20 Å². The van der Waals surface area contributed by atoms with Crippen LogP contribution in [-0.2, 0) is 6.54 Å². The van der Waals surface area contributed by atoms with Gasteiger partial charge in [-0.15, -0.1) is 5.10 Å². The first kappa shape index (κ1) is 12.4. The van der Waals surface area contributed by atoms with E-state index in [0.717, 1.165) is 11.4 Å². The Balaban J connectivity index is 1.90. The summed E-state index contributed by atoms with van der Waals surface area (Å²) in [7, 11) is 0. The van der Waals surface area contributed by atoms with Crippen molar-refractivity contribution in [3.05, 3.63) is 36.2 Å². The van der Waals surface area contributed by atoms with Gasteiger partial charge in [0.05, 0.1) is 18.4 Å². The molecular weight excluding hydrogens is 228 g/mol. The van der Waals surface area contributed by atoms with Crippen LogP contribution in [0.3, 0.4) is 0 Å². The van der Waals surface area contributed by atoms with E-state index in [2.05, 4.69) is 24.2 Å². The Kier molecular flexibility index (Phi) is 3.82. The van der Waals surface area contributed by atoms with Crippen molar-refractivity contribution >= 4 is 5.69 Å². The molecule has 0 bridgehead atoms. The molecule has 18 heavy (non-hydrogen) atoms. The van der Waals surface area contributed by atoms with Gasteiger partial charge in [-0.1, -0.05) is 25.1 Å². The van der Waals surface area contributed by atoms with Gasteiger partial charge in [0.15, 0.2) is 0 Å². The second-order valence-corrected chi connectivity index (χ2v) is 4.46. The number of anilines is 1. The Bertz CT molecular complexity index is 507. The first-order valence-corrected chi connectivity index (χ1v) is 6.03. The highest BCUT2D eigenvalue weighted by atomic mass is 16.5. The van der Waals surface area contributed by atoms with E-state index in [-0.39, 0.29) is 0 Å². The molecule has 2 N–H and O–H groups in total. The number of rotatable bonds is 5. The SMILES string of the molecule is CC(C)c1cnnn1CCOc1cccc(N)c1. The summed E-state index contributed by atoms with van der Waals surface area (Å²) < 4.78 is 7.50. The third-order valence-corrected chi connectivity index (χ3v) is 2.67. The summed E-state index contributed by atoms with van der Waals surface area (Å²) in [5, 5.41) is 7.97. The van der Waals surface area contributed by atoms with Gasteiger partial charge in [0.25, 0.3) is 0 Å². The molecule has 0 spiro atoms. The lowest BCUT2D eigenvalue weighted by atomic mass is 10.1. The first-order valence-electron chi connectivity index (χ1n) is 6.03. The van der Waals surface area contributed by atoms with E-state index in [1.165, 1.54) is 0 Å². The number of ether oxygens (including phenoxy) is 1. The standard InChI is InChI=1S/C13H18N4O/c1-10(2)13-9-15-16-17(13)6-7-18-12-5-3-4-11(14)8-12/h3-5,8-10H,6-7,14H2,1-2H3. The Hall–Kier alpha value is -2.04. The number of hydrogen-bond donors (Lipinski definition) is 1. The van der Waals surface area contributed by atoms with Gasteiger partial charge in [-0.2, -0.15) is 0 Å². The van der Waals surface area contributed by atoms with Crippen LogP contribution in [0.4, 0.5) is 5.69 Å². The van der Waals surface area contributed by atoms with E-state index in [1.807, 2.05) is 28.9 Å². The van der Waals surface area contributed by atoms with Crippen LogP contribution in [0.15, 0.2) is 30.5 Å². The third-order valence-electron chi connectivity index (χ3n) is 2.67. The van der Waals surface area contributed by atoms with Crippen molar-refractivity contribution < 1.29 is 4.74 Å². The number of nitrogen functional groups attached to an aromatic ring is 1. The molecule has 0 amide bonds. The molecule has 0 atom stereocenters. The smallest absolute Gasteiger partial charge is 0.121 e. The number of aromatic nitrogens is 3. The summed E-state index contributed by atoms with van der Waals surface area (Å²) in [6.45, 7) is 5.47. The van der Waals surface area contributed by atoms with Crippen molar-refractivity contribution in [3.8, 4) is 5.75 Å². The Morgan fingerprint density at radius 3 is 2.94 bits per heavy atom. The Morgan fingerprint density at radius 2 is 2.22 bits per heavy atom. The van der Waals surface area contributed by atoms with E-state index in [9.17, 15) is 0 Å². The van der Waals surface area contributed by atoms with Crippen LogP contribution >= 0.6 is 0 Å². The van der Waals surface area contributed by atoms with Crippen molar-refractivity contribution in [2.45, 2.75) is 26.3 Å². The second kappa shape index (κ2) is 5.53. The average Bonchev–Trinajstić information content (AvgIpc) is 2.77. The summed E-state index contributed by atoms with van der Waals surface area (Å²) in [6.07, 6.45) is 1.80. The van der Waals surface area contributed by atoms with Crippen LogP contribution in [0.2, 0.25) is 0 Å². The Morgan fingerprint density at radius 1 is 1.39 bits per heavy atom. The molecule has 0 saturated carbocycles. The fourth-order valence-corrected chi connectivity index (χ4v) is 1.74. The van der Waals surface area contributed by atoms with Crippen LogP contribution in [0.25, 0.3) is 0 Å². The summed E-state index contributed by atoms with van der Waals surface area (Å²) in [5.41, 5.74) is 7.50. The molecular formula is C13H18N4O. The molecule has 0 unspecified atom stereocenters. The van der Waals surface area contributed by atoms with Crippen molar-refractivity contribution in [2.24, 2.45) is 0 Å². The molecule has 0 aliphatic rings. The highest BCUT2D eigenvalue weighted by Crippen LogP contribution is 2.15. The zero-order valence-electron chi connectivity index (χ0n) is 10.7. The maximum Gasteiger partial charge on any atom is 0.121 e. The molecule has 1 aromatic heterocycles.